The molecular weight excluding hydrogens is 208 g/mol. The maximum absolute atomic E-state index is 12.0. The van der Waals surface area contributed by atoms with Crippen molar-refractivity contribution in [3.63, 3.8) is 0 Å². The summed E-state index contributed by atoms with van der Waals surface area (Å²) in [7, 11) is 0. The first-order valence-electron chi connectivity index (χ1n) is 5.80. The van der Waals surface area contributed by atoms with Crippen LogP contribution >= 0.6 is 0 Å². The van der Waals surface area contributed by atoms with Crippen LogP contribution in [-0.2, 0) is 9.59 Å². The molecule has 16 heavy (non-hydrogen) atoms. The Hall–Kier alpha value is -1.10. The van der Waals surface area contributed by atoms with E-state index in [0.717, 1.165) is 6.42 Å². The van der Waals surface area contributed by atoms with E-state index in [-0.39, 0.29) is 5.91 Å². The number of amides is 1. The second-order valence-electron chi connectivity index (χ2n) is 4.30. The molecule has 0 aromatic rings. The molecule has 92 valence electrons. The number of carboxylic acids is 1. The van der Waals surface area contributed by atoms with Crippen molar-refractivity contribution in [3.8, 4) is 0 Å². The summed E-state index contributed by atoms with van der Waals surface area (Å²) in [5.41, 5.74) is 4.66. The highest BCUT2D eigenvalue weighted by molar-refractivity contribution is 5.90. The van der Waals surface area contributed by atoms with Gasteiger partial charge in [0.1, 0.15) is 5.54 Å². The van der Waals surface area contributed by atoms with E-state index >= 15 is 0 Å². The third-order valence-corrected chi connectivity index (χ3v) is 3.49. The van der Waals surface area contributed by atoms with Gasteiger partial charge in [0.15, 0.2) is 0 Å². The van der Waals surface area contributed by atoms with E-state index in [9.17, 15) is 14.7 Å². The Labute approximate surface area is 95.6 Å². The van der Waals surface area contributed by atoms with Crippen LogP contribution in [0.25, 0.3) is 0 Å². The van der Waals surface area contributed by atoms with Gasteiger partial charge in [0.2, 0.25) is 5.91 Å². The summed E-state index contributed by atoms with van der Waals surface area (Å²) >= 11 is 0. The Morgan fingerprint density at radius 3 is 2.56 bits per heavy atom. The highest BCUT2D eigenvalue weighted by Gasteiger charge is 2.49. The molecule has 0 aromatic heterocycles. The van der Waals surface area contributed by atoms with Gasteiger partial charge in [-0.15, -0.1) is 0 Å². The molecule has 1 amide bonds. The molecule has 0 radical (unpaired) electrons. The van der Waals surface area contributed by atoms with Gasteiger partial charge < -0.3 is 15.7 Å². The van der Waals surface area contributed by atoms with Crippen molar-refractivity contribution in [3.05, 3.63) is 0 Å². The molecule has 2 unspecified atom stereocenters. The molecule has 0 spiro atoms. The molecule has 5 heteroatoms. The molecule has 0 saturated carbocycles. The largest absolute Gasteiger partial charge is 0.479 e. The van der Waals surface area contributed by atoms with Gasteiger partial charge in [0, 0.05) is 6.54 Å². The average molecular weight is 228 g/mol. The van der Waals surface area contributed by atoms with E-state index in [0.29, 0.717) is 25.8 Å². The lowest BCUT2D eigenvalue weighted by molar-refractivity contribution is -0.157. The number of hydrogen-bond acceptors (Lipinski definition) is 3. The quantitative estimate of drug-likeness (QED) is 0.737. The first-order valence-corrected chi connectivity index (χ1v) is 5.80. The molecule has 1 aliphatic rings. The van der Waals surface area contributed by atoms with Gasteiger partial charge in [-0.2, -0.15) is 0 Å². The highest BCUT2D eigenvalue weighted by atomic mass is 16.4. The summed E-state index contributed by atoms with van der Waals surface area (Å²) in [6.07, 6.45) is 2.24. The van der Waals surface area contributed by atoms with Crippen molar-refractivity contribution < 1.29 is 14.7 Å². The Kier molecular flexibility index (Phi) is 3.91. The van der Waals surface area contributed by atoms with E-state index < -0.39 is 17.6 Å². The van der Waals surface area contributed by atoms with Gasteiger partial charge in [0.25, 0.3) is 0 Å². The zero-order chi connectivity index (χ0) is 12.3. The van der Waals surface area contributed by atoms with Crippen LogP contribution in [0.15, 0.2) is 0 Å². The minimum atomic E-state index is -1.02. The Morgan fingerprint density at radius 2 is 2.12 bits per heavy atom. The number of likely N-dealkylation sites (tertiary alicyclic amines) is 1. The molecule has 2 atom stereocenters. The molecular formula is C11H20N2O3. The second kappa shape index (κ2) is 4.82. The predicted molar refractivity (Wildman–Crippen MR) is 59.9 cm³/mol. The van der Waals surface area contributed by atoms with Crippen LogP contribution in [0.1, 0.15) is 39.5 Å². The molecule has 0 bridgehead atoms. The lowest BCUT2D eigenvalue weighted by atomic mass is 9.92. The fourth-order valence-electron chi connectivity index (χ4n) is 2.32. The van der Waals surface area contributed by atoms with E-state index in [1.54, 1.807) is 6.92 Å². The number of nitrogens with zero attached hydrogens (tertiary/aromatic N) is 1. The molecule has 1 fully saturated rings. The molecule has 1 rings (SSSR count). The molecule has 1 aliphatic heterocycles. The van der Waals surface area contributed by atoms with Crippen molar-refractivity contribution in [1.82, 2.24) is 4.90 Å². The smallest absolute Gasteiger partial charge is 0.329 e. The van der Waals surface area contributed by atoms with Crippen LogP contribution in [0, 0.1) is 0 Å². The highest BCUT2D eigenvalue weighted by Crippen LogP contribution is 2.33. The standard InChI is InChI=1S/C11H20N2O3/c1-3-8(12)9(14)13-7-5-6-11(13,4-2)10(15)16/h8H,3-7,12H2,1-2H3,(H,15,16). The SMILES string of the molecule is CCC(N)C(=O)N1CCCC1(CC)C(=O)O. The van der Waals surface area contributed by atoms with Crippen molar-refractivity contribution in [2.45, 2.75) is 51.1 Å². The second-order valence-corrected chi connectivity index (χ2v) is 4.30. The monoisotopic (exact) mass is 228 g/mol. The van der Waals surface area contributed by atoms with Crippen LogP contribution in [-0.4, -0.2) is 40.0 Å². The van der Waals surface area contributed by atoms with Gasteiger partial charge in [0.05, 0.1) is 6.04 Å². The number of hydrogen-bond donors (Lipinski definition) is 2. The van der Waals surface area contributed by atoms with Gasteiger partial charge >= 0.3 is 5.97 Å². The summed E-state index contributed by atoms with van der Waals surface area (Å²) in [5, 5.41) is 9.30. The van der Waals surface area contributed by atoms with Crippen LogP contribution < -0.4 is 5.73 Å². The van der Waals surface area contributed by atoms with Gasteiger partial charge in [-0.3, -0.25) is 4.79 Å². The molecule has 1 heterocycles. The number of carbonyl (C=O) groups excluding carboxylic acids is 1. The zero-order valence-electron chi connectivity index (χ0n) is 9.90. The summed E-state index contributed by atoms with van der Waals surface area (Å²) in [5.74, 6) is -1.14. The fraction of sp³-hybridized carbons (Fsp3) is 0.818. The molecule has 1 saturated heterocycles. The predicted octanol–water partition coefficient (Wildman–Crippen LogP) is 0.579. The molecule has 5 nitrogen and oxygen atoms in total. The normalized spacial score (nSPS) is 26.8. The summed E-state index contributed by atoms with van der Waals surface area (Å²) < 4.78 is 0. The van der Waals surface area contributed by atoms with E-state index in [2.05, 4.69) is 0 Å². The number of carbonyl (C=O) groups is 2. The summed E-state index contributed by atoms with van der Waals surface area (Å²) in [4.78, 5) is 24.8. The first kappa shape index (κ1) is 13.0. The van der Waals surface area contributed by atoms with E-state index in [1.165, 1.54) is 4.90 Å². The van der Waals surface area contributed by atoms with Crippen molar-refractivity contribution >= 4 is 11.9 Å². The number of aliphatic carboxylic acids is 1. The molecule has 3 N–H and O–H groups in total. The maximum Gasteiger partial charge on any atom is 0.329 e. The van der Waals surface area contributed by atoms with Crippen LogP contribution in [0.5, 0.6) is 0 Å². The number of carboxylic acid groups (broad SMARTS) is 1. The molecule has 0 aliphatic carbocycles. The number of rotatable bonds is 4. The Balaban J connectivity index is 2.94. The summed E-state index contributed by atoms with van der Waals surface area (Å²) in [6, 6.07) is -0.580. The van der Waals surface area contributed by atoms with E-state index in [1.807, 2.05) is 6.92 Å². The lowest BCUT2D eigenvalue weighted by Gasteiger charge is -2.35. The average Bonchev–Trinajstić information content (AvgIpc) is 2.71. The lowest BCUT2D eigenvalue weighted by Crippen LogP contribution is -2.56. The van der Waals surface area contributed by atoms with Crippen LogP contribution in [0.3, 0.4) is 0 Å². The first-order chi connectivity index (χ1) is 7.49. The van der Waals surface area contributed by atoms with Crippen molar-refractivity contribution in [1.29, 1.82) is 0 Å². The Bertz CT molecular complexity index is 293. The van der Waals surface area contributed by atoms with Crippen LogP contribution in [0.2, 0.25) is 0 Å². The minimum absolute atomic E-state index is 0.232. The third-order valence-electron chi connectivity index (χ3n) is 3.49. The minimum Gasteiger partial charge on any atom is -0.479 e. The Morgan fingerprint density at radius 1 is 1.50 bits per heavy atom. The summed E-state index contributed by atoms with van der Waals surface area (Å²) in [6.45, 7) is 4.14. The topological polar surface area (TPSA) is 83.6 Å². The third kappa shape index (κ3) is 1.91. The van der Waals surface area contributed by atoms with Crippen molar-refractivity contribution in [2.75, 3.05) is 6.54 Å². The molecule has 0 aromatic carbocycles. The van der Waals surface area contributed by atoms with E-state index in [4.69, 9.17) is 5.73 Å². The maximum atomic E-state index is 12.0. The number of nitrogens with two attached hydrogens (primary N) is 1. The fourth-order valence-corrected chi connectivity index (χ4v) is 2.32. The van der Waals surface area contributed by atoms with Gasteiger partial charge in [-0.25, -0.2) is 4.79 Å². The van der Waals surface area contributed by atoms with Crippen molar-refractivity contribution in [2.24, 2.45) is 5.73 Å². The van der Waals surface area contributed by atoms with Crippen LogP contribution in [0.4, 0.5) is 0 Å². The van der Waals surface area contributed by atoms with Gasteiger partial charge in [-0.05, 0) is 25.7 Å². The zero-order valence-corrected chi connectivity index (χ0v) is 9.90. The van der Waals surface area contributed by atoms with Gasteiger partial charge in [-0.1, -0.05) is 13.8 Å².